The average molecular weight is 376 g/mol. The molecule has 2 saturated heterocycles. The van der Waals surface area contributed by atoms with Crippen LogP contribution in [0.15, 0.2) is 24.8 Å². The Balaban J connectivity index is 1.26. The second kappa shape index (κ2) is 5.51. The van der Waals surface area contributed by atoms with Crippen LogP contribution in [0.2, 0.25) is 0 Å². The Bertz CT molecular complexity index is 977. The zero-order valence-electron chi connectivity index (χ0n) is 14.1. The molecule has 0 aliphatic carbocycles. The summed E-state index contributed by atoms with van der Waals surface area (Å²) in [5.74, 6) is -0.304. The van der Waals surface area contributed by atoms with Gasteiger partial charge in [0.05, 0.1) is 30.5 Å². The largest absolute Gasteiger partial charge is 0.451 e. The van der Waals surface area contributed by atoms with Crippen molar-refractivity contribution in [3.8, 4) is 0 Å². The number of halogens is 3. The fraction of sp³-hybridized carbons (Fsp3) is 0.438. The maximum Gasteiger partial charge on any atom is 0.451 e. The smallest absolute Gasteiger partial charge is 0.368 e. The minimum Gasteiger partial charge on any atom is -0.368 e. The molecule has 1 spiro atoms. The van der Waals surface area contributed by atoms with Crippen molar-refractivity contribution >= 4 is 22.7 Å². The number of hydrogen-bond donors (Lipinski definition) is 1. The molecule has 11 heteroatoms. The number of alkyl halides is 3. The van der Waals surface area contributed by atoms with Crippen LogP contribution in [0.3, 0.4) is 0 Å². The van der Waals surface area contributed by atoms with E-state index in [2.05, 4.69) is 35.0 Å². The van der Waals surface area contributed by atoms with E-state index in [1.807, 2.05) is 4.90 Å². The summed E-state index contributed by atoms with van der Waals surface area (Å²) in [5, 5.41) is 6.76. The van der Waals surface area contributed by atoms with Gasteiger partial charge in [-0.3, -0.25) is 5.10 Å². The number of nitrogens with zero attached hydrogens (tertiary/aromatic N) is 7. The highest BCUT2D eigenvalue weighted by atomic mass is 19.4. The van der Waals surface area contributed by atoms with E-state index in [1.54, 1.807) is 12.4 Å². The molecule has 5 heterocycles. The van der Waals surface area contributed by atoms with Crippen LogP contribution >= 0.6 is 0 Å². The van der Waals surface area contributed by atoms with Gasteiger partial charge in [-0.1, -0.05) is 0 Å². The number of H-pyrrole nitrogens is 1. The average Bonchev–Trinajstić information content (AvgIpc) is 3.26. The molecule has 27 heavy (non-hydrogen) atoms. The Labute approximate surface area is 151 Å². The van der Waals surface area contributed by atoms with Crippen molar-refractivity contribution in [3.05, 3.63) is 30.6 Å². The van der Waals surface area contributed by atoms with Gasteiger partial charge < -0.3 is 9.80 Å². The normalized spacial score (nSPS) is 19.1. The molecule has 3 aromatic heterocycles. The molecule has 0 radical (unpaired) electrons. The van der Waals surface area contributed by atoms with Crippen LogP contribution in [0.25, 0.3) is 11.2 Å². The van der Waals surface area contributed by atoms with E-state index < -0.39 is 12.0 Å². The molecule has 2 fully saturated rings. The third-order valence-corrected chi connectivity index (χ3v) is 5.22. The standard InChI is InChI=1S/C16H15F3N8/c17-16(18,19)14-21-3-10(4-22-14)27-8-15(9-27)1-2-26(7-15)12-6-20-11-5-23-25-13(11)24-12/h3-6H,1-2,7-9H2,(H,23,24,25). The fourth-order valence-electron chi connectivity index (χ4n) is 3.84. The van der Waals surface area contributed by atoms with Gasteiger partial charge >= 0.3 is 6.18 Å². The predicted molar refractivity (Wildman–Crippen MR) is 90.2 cm³/mol. The van der Waals surface area contributed by atoms with Gasteiger partial charge in [-0.2, -0.15) is 18.3 Å². The van der Waals surface area contributed by atoms with Crippen LogP contribution in [0.1, 0.15) is 12.2 Å². The lowest BCUT2D eigenvalue weighted by Crippen LogP contribution is -2.57. The zero-order valence-corrected chi connectivity index (χ0v) is 14.1. The molecule has 1 N–H and O–H groups in total. The number of fused-ring (bicyclic) bond motifs is 1. The summed E-state index contributed by atoms with van der Waals surface area (Å²) in [4.78, 5) is 20.0. The Morgan fingerprint density at radius 2 is 1.70 bits per heavy atom. The number of aromatic nitrogens is 6. The first-order valence-electron chi connectivity index (χ1n) is 8.47. The highest BCUT2D eigenvalue weighted by Crippen LogP contribution is 2.42. The number of nitrogens with one attached hydrogen (secondary N) is 1. The predicted octanol–water partition coefficient (Wildman–Crippen LogP) is 1.88. The summed E-state index contributed by atoms with van der Waals surface area (Å²) in [6.45, 7) is 3.22. The zero-order chi connectivity index (χ0) is 18.6. The van der Waals surface area contributed by atoms with E-state index >= 15 is 0 Å². The van der Waals surface area contributed by atoms with Gasteiger partial charge in [0.15, 0.2) is 5.65 Å². The van der Waals surface area contributed by atoms with Gasteiger partial charge in [0.25, 0.3) is 0 Å². The van der Waals surface area contributed by atoms with E-state index in [4.69, 9.17) is 0 Å². The first-order chi connectivity index (χ1) is 12.9. The minimum atomic E-state index is -4.52. The second-order valence-corrected chi connectivity index (χ2v) is 7.12. The Morgan fingerprint density at radius 3 is 2.44 bits per heavy atom. The highest BCUT2D eigenvalue weighted by Gasteiger charge is 2.48. The summed E-state index contributed by atoms with van der Waals surface area (Å²) >= 11 is 0. The molecule has 0 atom stereocenters. The van der Waals surface area contributed by atoms with Crippen LogP contribution in [-0.4, -0.2) is 56.3 Å². The van der Waals surface area contributed by atoms with E-state index in [9.17, 15) is 13.2 Å². The van der Waals surface area contributed by atoms with Gasteiger partial charge in [-0.05, 0) is 6.42 Å². The third kappa shape index (κ3) is 2.73. The molecule has 140 valence electrons. The first kappa shape index (κ1) is 16.2. The molecular weight excluding hydrogens is 361 g/mol. The molecule has 0 saturated carbocycles. The van der Waals surface area contributed by atoms with Crippen LogP contribution in [-0.2, 0) is 6.18 Å². The van der Waals surface area contributed by atoms with Crippen molar-refractivity contribution in [1.82, 2.24) is 30.1 Å². The lowest BCUT2D eigenvalue weighted by atomic mass is 9.79. The van der Waals surface area contributed by atoms with Gasteiger partial charge in [0.1, 0.15) is 11.3 Å². The molecule has 0 bridgehead atoms. The lowest BCUT2D eigenvalue weighted by molar-refractivity contribution is -0.145. The van der Waals surface area contributed by atoms with Crippen molar-refractivity contribution in [2.24, 2.45) is 5.41 Å². The first-order valence-corrected chi connectivity index (χ1v) is 8.47. The number of rotatable bonds is 2. The lowest BCUT2D eigenvalue weighted by Gasteiger charge is -2.49. The Morgan fingerprint density at radius 1 is 0.963 bits per heavy atom. The van der Waals surface area contributed by atoms with Crippen molar-refractivity contribution < 1.29 is 13.2 Å². The quantitative estimate of drug-likeness (QED) is 0.731. The van der Waals surface area contributed by atoms with Gasteiger partial charge in [-0.25, -0.2) is 19.9 Å². The SMILES string of the molecule is FC(F)(F)c1ncc(N2CC3(CCN(c4cnc5cn[nH]c5n4)C3)C2)cn1. The van der Waals surface area contributed by atoms with E-state index in [0.717, 1.165) is 43.9 Å². The van der Waals surface area contributed by atoms with Crippen LogP contribution in [0, 0.1) is 5.41 Å². The maximum atomic E-state index is 12.6. The molecular formula is C16H15F3N8. The van der Waals surface area contributed by atoms with Crippen LogP contribution in [0.4, 0.5) is 24.7 Å². The van der Waals surface area contributed by atoms with Gasteiger partial charge in [-0.15, -0.1) is 0 Å². The van der Waals surface area contributed by atoms with Gasteiger partial charge in [0, 0.05) is 31.6 Å². The van der Waals surface area contributed by atoms with E-state index in [-0.39, 0.29) is 5.41 Å². The van der Waals surface area contributed by atoms with Crippen LogP contribution < -0.4 is 9.80 Å². The fourth-order valence-corrected chi connectivity index (χ4v) is 3.84. The third-order valence-electron chi connectivity index (χ3n) is 5.22. The van der Waals surface area contributed by atoms with Crippen molar-refractivity contribution in [2.75, 3.05) is 36.0 Å². The number of hydrogen-bond acceptors (Lipinski definition) is 7. The summed E-state index contributed by atoms with van der Waals surface area (Å²) in [5.41, 5.74) is 2.11. The molecule has 3 aromatic rings. The summed E-state index contributed by atoms with van der Waals surface area (Å²) < 4.78 is 37.7. The van der Waals surface area contributed by atoms with Gasteiger partial charge in [0.2, 0.25) is 5.82 Å². The molecule has 5 rings (SSSR count). The number of aromatic amines is 1. The molecule has 0 unspecified atom stereocenters. The molecule has 2 aliphatic heterocycles. The molecule has 0 amide bonds. The summed E-state index contributed by atoms with van der Waals surface area (Å²) in [6.07, 6.45) is 2.34. The molecule has 0 aromatic carbocycles. The maximum absolute atomic E-state index is 12.6. The second-order valence-electron chi connectivity index (χ2n) is 7.12. The Hall–Kier alpha value is -2.98. The topological polar surface area (TPSA) is 86.7 Å². The Kier molecular flexibility index (Phi) is 3.31. The van der Waals surface area contributed by atoms with E-state index in [1.165, 1.54) is 12.4 Å². The van der Waals surface area contributed by atoms with Crippen molar-refractivity contribution in [1.29, 1.82) is 0 Å². The monoisotopic (exact) mass is 376 g/mol. The van der Waals surface area contributed by atoms with Crippen molar-refractivity contribution in [3.63, 3.8) is 0 Å². The minimum absolute atomic E-state index is 0.104. The van der Waals surface area contributed by atoms with Crippen molar-refractivity contribution in [2.45, 2.75) is 12.6 Å². The molecule has 8 nitrogen and oxygen atoms in total. The van der Waals surface area contributed by atoms with Crippen LogP contribution in [0.5, 0.6) is 0 Å². The highest BCUT2D eigenvalue weighted by molar-refractivity contribution is 5.70. The number of anilines is 2. The molecule has 2 aliphatic rings. The summed E-state index contributed by atoms with van der Waals surface area (Å²) in [7, 11) is 0. The van der Waals surface area contributed by atoms with E-state index in [0.29, 0.717) is 11.3 Å². The summed E-state index contributed by atoms with van der Waals surface area (Å²) in [6, 6.07) is 0.